The summed E-state index contributed by atoms with van der Waals surface area (Å²) in [5.74, 6) is -0.419. The van der Waals surface area contributed by atoms with E-state index in [0.29, 0.717) is 46.4 Å². The van der Waals surface area contributed by atoms with E-state index >= 15 is 0 Å². The predicted octanol–water partition coefficient (Wildman–Crippen LogP) is 3.32. The van der Waals surface area contributed by atoms with E-state index < -0.39 is 0 Å². The van der Waals surface area contributed by atoms with Crippen molar-refractivity contribution in [3.05, 3.63) is 81.0 Å². The third kappa shape index (κ3) is 4.45. The van der Waals surface area contributed by atoms with Gasteiger partial charge in [-0.05, 0) is 19.0 Å². The van der Waals surface area contributed by atoms with Gasteiger partial charge >= 0.3 is 0 Å². The van der Waals surface area contributed by atoms with E-state index in [1.807, 2.05) is 30.3 Å². The molecule has 4 aromatic rings. The molecule has 0 radical (unpaired) electrons. The molecule has 0 aliphatic rings. The van der Waals surface area contributed by atoms with Crippen LogP contribution in [0.2, 0.25) is 0 Å². The second-order valence-corrected chi connectivity index (χ2v) is 8.66. The zero-order valence-electron chi connectivity index (χ0n) is 18.3. The molecular formula is C25H25N3O4S. The van der Waals surface area contributed by atoms with E-state index in [-0.39, 0.29) is 30.4 Å². The minimum Gasteiger partial charge on any atom is -0.380 e. The minimum atomic E-state index is -0.308. The van der Waals surface area contributed by atoms with E-state index in [2.05, 4.69) is 5.32 Å². The van der Waals surface area contributed by atoms with Crippen LogP contribution in [0.3, 0.4) is 0 Å². The first kappa shape index (κ1) is 22.8. The molecule has 8 heteroatoms. The van der Waals surface area contributed by atoms with Gasteiger partial charge in [-0.2, -0.15) is 0 Å². The van der Waals surface area contributed by atoms with Crippen LogP contribution in [0, 0.1) is 0 Å². The highest BCUT2D eigenvalue weighted by Gasteiger charge is 2.24. The fourth-order valence-corrected chi connectivity index (χ4v) is 5.14. The van der Waals surface area contributed by atoms with Gasteiger partial charge in [0.1, 0.15) is 0 Å². The number of nitrogens with one attached hydrogen (secondary N) is 1. The van der Waals surface area contributed by atoms with Crippen molar-refractivity contribution in [2.24, 2.45) is 5.73 Å². The maximum Gasteiger partial charge on any atom is 0.261 e. The zero-order valence-corrected chi connectivity index (χ0v) is 19.1. The zero-order chi connectivity index (χ0) is 23.4. The Morgan fingerprint density at radius 3 is 2.55 bits per heavy atom. The Kier molecular flexibility index (Phi) is 6.98. The number of carbonyl (C=O) groups is 2. The van der Waals surface area contributed by atoms with E-state index in [1.54, 1.807) is 24.3 Å². The van der Waals surface area contributed by atoms with E-state index in [4.69, 9.17) is 10.5 Å². The topological polar surface area (TPSA) is 103 Å². The lowest BCUT2D eigenvalue weighted by molar-refractivity contribution is 0.0950. The van der Waals surface area contributed by atoms with Gasteiger partial charge in [0.15, 0.2) is 5.78 Å². The molecule has 1 amide bonds. The molecule has 3 N–H and O–H groups in total. The lowest BCUT2D eigenvalue weighted by Gasteiger charge is -2.12. The molecule has 0 saturated heterocycles. The van der Waals surface area contributed by atoms with Crippen LogP contribution in [-0.4, -0.2) is 36.5 Å². The number of nitrogens with zero attached hydrogens (tertiary/aromatic N) is 1. The van der Waals surface area contributed by atoms with Crippen molar-refractivity contribution >= 4 is 44.0 Å². The molecule has 0 bridgehead atoms. The van der Waals surface area contributed by atoms with Crippen molar-refractivity contribution in [1.82, 2.24) is 9.88 Å². The molecule has 33 heavy (non-hydrogen) atoms. The average molecular weight is 464 g/mol. The van der Waals surface area contributed by atoms with Crippen LogP contribution in [0.4, 0.5) is 0 Å². The number of aromatic nitrogens is 1. The lowest BCUT2D eigenvalue weighted by Crippen LogP contribution is -2.27. The number of ketones is 1. The van der Waals surface area contributed by atoms with Gasteiger partial charge in [-0.15, -0.1) is 11.3 Å². The second-order valence-electron chi connectivity index (χ2n) is 7.64. The van der Waals surface area contributed by atoms with Crippen molar-refractivity contribution in [2.75, 3.05) is 20.2 Å². The average Bonchev–Trinajstić information content (AvgIpc) is 3.22. The van der Waals surface area contributed by atoms with Crippen LogP contribution in [0.25, 0.3) is 21.0 Å². The van der Waals surface area contributed by atoms with Gasteiger partial charge in [0, 0.05) is 30.2 Å². The molecule has 0 aliphatic heterocycles. The molecule has 7 nitrogen and oxygen atoms in total. The van der Waals surface area contributed by atoms with Crippen LogP contribution in [0.5, 0.6) is 0 Å². The van der Waals surface area contributed by atoms with Crippen LogP contribution < -0.4 is 16.6 Å². The molecule has 0 aliphatic carbocycles. The summed E-state index contributed by atoms with van der Waals surface area (Å²) in [6, 6.07) is 16.3. The third-order valence-corrected chi connectivity index (χ3v) is 6.73. The maximum atomic E-state index is 13.7. The minimum absolute atomic E-state index is 0.0976. The fraction of sp³-hybridized carbons (Fsp3) is 0.240. The number of rotatable bonds is 9. The number of hydrogen-bond donors (Lipinski definition) is 2. The van der Waals surface area contributed by atoms with Crippen LogP contribution >= 0.6 is 11.3 Å². The molecule has 0 unspecified atom stereocenters. The Labute approximate surface area is 194 Å². The highest BCUT2D eigenvalue weighted by atomic mass is 32.1. The molecule has 2 heterocycles. The van der Waals surface area contributed by atoms with Gasteiger partial charge in [0.2, 0.25) is 0 Å². The summed E-state index contributed by atoms with van der Waals surface area (Å²) in [4.78, 5) is 40.0. The van der Waals surface area contributed by atoms with Crippen LogP contribution in [-0.2, 0) is 17.9 Å². The quantitative estimate of drug-likeness (QED) is 0.293. The number of fused-ring (bicyclic) bond motifs is 3. The number of Topliss-reactive ketones (excluding diaryl/α,β-unsaturated/α-hetero) is 1. The third-order valence-electron chi connectivity index (χ3n) is 5.46. The SMILES string of the molecule is COCc1c(C(=O)NCCCN)sc2c1c(=O)n(CC(=O)c1ccccc1)c1ccccc21. The largest absolute Gasteiger partial charge is 0.380 e. The van der Waals surface area contributed by atoms with Crippen molar-refractivity contribution in [3.63, 3.8) is 0 Å². The molecule has 0 spiro atoms. The van der Waals surface area contributed by atoms with Crippen molar-refractivity contribution in [3.8, 4) is 0 Å². The molecular weight excluding hydrogens is 438 g/mol. The Balaban J connectivity index is 1.91. The fourth-order valence-electron chi connectivity index (χ4n) is 3.89. The van der Waals surface area contributed by atoms with Gasteiger partial charge in [0.05, 0.1) is 33.6 Å². The Morgan fingerprint density at radius 2 is 1.82 bits per heavy atom. The van der Waals surface area contributed by atoms with E-state index in [1.165, 1.54) is 23.0 Å². The number of carbonyl (C=O) groups excluding carboxylic acids is 2. The monoisotopic (exact) mass is 463 g/mol. The Morgan fingerprint density at radius 1 is 1.09 bits per heavy atom. The molecule has 0 saturated carbocycles. The summed E-state index contributed by atoms with van der Waals surface area (Å²) < 4.78 is 7.57. The first-order valence-corrected chi connectivity index (χ1v) is 11.5. The summed E-state index contributed by atoms with van der Waals surface area (Å²) in [6.07, 6.45) is 0.660. The highest BCUT2D eigenvalue weighted by Crippen LogP contribution is 2.35. The van der Waals surface area contributed by atoms with Gasteiger partial charge in [-0.3, -0.25) is 19.0 Å². The van der Waals surface area contributed by atoms with Gasteiger partial charge < -0.3 is 15.8 Å². The number of para-hydroxylation sites is 1. The molecule has 0 fully saturated rings. The molecule has 2 aromatic heterocycles. The Hall–Kier alpha value is -3.33. The van der Waals surface area contributed by atoms with Crippen LogP contribution in [0.1, 0.15) is 32.0 Å². The summed E-state index contributed by atoms with van der Waals surface area (Å²) in [5.41, 5.74) is 6.96. The Bertz CT molecular complexity index is 1380. The molecule has 0 atom stereocenters. The molecule has 2 aromatic carbocycles. The van der Waals surface area contributed by atoms with E-state index in [9.17, 15) is 14.4 Å². The normalized spacial score (nSPS) is 11.2. The highest BCUT2D eigenvalue weighted by molar-refractivity contribution is 7.22. The number of nitrogens with two attached hydrogens (primary N) is 1. The summed E-state index contributed by atoms with van der Waals surface area (Å²) in [5, 5.41) is 4.11. The number of thiophene rings is 1. The standard InChI is InChI=1S/C25H25N3O4S/c1-32-15-18-21-22(33-23(18)24(30)27-13-7-12-26)17-10-5-6-11-19(17)28(25(21)31)14-20(29)16-8-3-2-4-9-16/h2-6,8-11H,7,12-15,26H2,1H3,(H,27,30). The second kappa shape index (κ2) is 10.1. The number of methoxy groups -OCH3 is 1. The maximum absolute atomic E-state index is 13.7. The predicted molar refractivity (Wildman–Crippen MR) is 131 cm³/mol. The number of benzene rings is 2. The number of amides is 1. The van der Waals surface area contributed by atoms with Crippen molar-refractivity contribution in [1.29, 1.82) is 0 Å². The number of ether oxygens (including phenoxy) is 1. The van der Waals surface area contributed by atoms with Gasteiger partial charge in [0.25, 0.3) is 11.5 Å². The van der Waals surface area contributed by atoms with Crippen molar-refractivity contribution < 1.29 is 14.3 Å². The van der Waals surface area contributed by atoms with Crippen molar-refractivity contribution in [2.45, 2.75) is 19.6 Å². The van der Waals surface area contributed by atoms with Gasteiger partial charge in [-0.1, -0.05) is 48.5 Å². The first-order valence-electron chi connectivity index (χ1n) is 10.7. The first-order chi connectivity index (χ1) is 16.1. The summed E-state index contributed by atoms with van der Waals surface area (Å²) in [7, 11) is 1.53. The lowest BCUT2D eigenvalue weighted by atomic mass is 10.1. The number of pyridine rings is 1. The number of hydrogen-bond acceptors (Lipinski definition) is 6. The van der Waals surface area contributed by atoms with E-state index in [0.717, 1.165) is 10.1 Å². The van der Waals surface area contributed by atoms with Crippen LogP contribution in [0.15, 0.2) is 59.4 Å². The van der Waals surface area contributed by atoms with Gasteiger partial charge in [-0.25, -0.2) is 0 Å². The summed E-state index contributed by atoms with van der Waals surface area (Å²) in [6.45, 7) is 0.939. The molecule has 4 rings (SSSR count). The molecule has 170 valence electrons. The summed E-state index contributed by atoms with van der Waals surface area (Å²) >= 11 is 1.28. The smallest absolute Gasteiger partial charge is 0.261 e.